The first-order valence-electron chi connectivity index (χ1n) is 13.9. The van der Waals surface area contributed by atoms with Crippen LogP contribution in [0.2, 0.25) is 5.02 Å². The lowest BCUT2D eigenvalue weighted by atomic mass is 9.90. The summed E-state index contributed by atoms with van der Waals surface area (Å²) in [5.74, 6) is 0.0285. The number of fused-ring (bicyclic) bond motifs is 1. The smallest absolute Gasteiger partial charge is 0.303 e. The first-order chi connectivity index (χ1) is 19.5. The standard InChI is InChI=1S/C29H30ClNO.C6H10O2S/c1-5-23(27(6-2)29(3,4)32)12-8-11-21-9-7-10-22(19-21)13-17-26-18-15-24-14-16-25(30)20-28(24)31-26;7-5(8)3-6(4-9)1-2-6/h5-7,9-10,13-20,32H,1-2,8,11-12H2,3-4H3;9H,1-4H2,(H,7,8)/b17-13+,27-23-;. The fraction of sp³-hybridized carbons (Fsp3) is 0.314. The van der Waals surface area contributed by atoms with Crippen molar-refractivity contribution in [2.75, 3.05) is 5.75 Å². The molecule has 0 atom stereocenters. The molecule has 1 saturated carbocycles. The summed E-state index contributed by atoms with van der Waals surface area (Å²) in [7, 11) is 0. The zero-order valence-corrected chi connectivity index (χ0v) is 25.6. The summed E-state index contributed by atoms with van der Waals surface area (Å²) < 4.78 is 0. The lowest BCUT2D eigenvalue weighted by molar-refractivity contribution is -0.138. The Morgan fingerprint density at radius 1 is 1.10 bits per heavy atom. The number of carboxylic acid groups (broad SMARTS) is 1. The van der Waals surface area contributed by atoms with Crippen molar-refractivity contribution in [3.05, 3.63) is 113 Å². The fourth-order valence-corrected chi connectivity index (χ4v) is 5.32. The molecule has 1 aromatic heterocycles. The minimum atomic E-state index is -0.919. The highest BCUT2D eigenvalue weighted by Gasteiger charge is 2.42. The predicted octanol–water partition coefficient (Wildman–Crippen LogP) is 8.99. The summed E-state index contributed by atoms with van der Waals surface area (Å²) in [5.41, 5.74) is 5.25. The number of hydrogen-bond donors (Lipinski definition) is 3. The van der Waals surface area contributed by atoms with E-state index in [0.29, 0.717) is 11.4 Å². The van der Waals surface area contributed by atoms with Crippen LogP contribution in [0, 0.1) is 5.41 Å². The molecular formula is C35H40ClNO3S. The van der Waals surface area contributed by atoms with Crippen molar-refractivity contribution in [2.24, 2.45) is 5.41 Å². The predicted molar refractivity (Wildman–Crippen MR) is 177 cm³/mol. The summed E-state index contributed by atoms with van der Waals surface area (Å²) in [6.07, 6.45) is 12.8. The Balaban J connectivity index is 0.000000436. The number of aliphatic carboxylic acids is 1. The zero-order valence-electron chi connectivity index (χ0n) is 23.9. The molecule has 0 spiro atoms. The van der Waals surface area contributed by atoms with Gasteiger partial charge in [-0.3, -0.25) is 4.79 Å². The lowest BCUT2D eigenvalue weighted by Crippen LogP contribution is -2.22. The van der Waals surface area contributed by atoms with E-state index in [-0.39, 0.29) is 5.41 Å². The minimum absolute atomic E-state index is 0.0783. The van der Waals surface area contributed by atoms with Crippen molar-refractivity contribution >= 4 is 53.3 Å². The van der Waals surface area contributed by atoms with Crippen molar-refractivity contribution in [3.8, 4) is 0 Å². The van der Waals surface area contributed by atoms with Gasteiger partial charge in [-0.15, -0.1) is 0 Å². The Morgan fingerprint density at radius 3 is 2.41 bits per heavy atom. The van der Waals surface area contributed by atoms with Crippen molar-refractivity contribution < 1.29 is 15.0 Å². The van der Waals surface area contributed by atoms with Gasteiger partial charge >= 0.3 is 5.97 Å². The van der Waals surface area contributed by atoms with Gasteiger partial charge in [-0.2, -0.15) is 12.6 Å². The summed E-state index contributed by atoms with van der Waals surface area (Å²) in [6, 6.07) is 18.3. The van der Waals surface area contributed by atoms with E-state index in [9.17, 15) is 9.90 Å². The van der Waals surface area contributed by atoms with Gasteiger partial charge in [-0.25, -0.2) is 4.98 Å². The van der Waals surface area contributed by atoms with Crippen LogP contribution in [0.25, 0.3) is 23.1 Å². The highest BCUT2D eigenvalue weighted by molar-refractivity contribution is 7.80. The first-order valence-corrected chi connectivity index (χ1v) is 14.9. The average Bonchev–Trinajstić information content (AvgIpc) is 3.70. The molecule has 2 N–H and O–H groups in total. The number of carboxylic acids is 1. The topological polar surface area (TPSA) is 70.4 Å². The number of thiol groups is 1. The Hall–Kier alpha value is -3.12. The highest BCUT2D eigenvalue weighted by atomic mass is 35.5. The molecule has 1 heterocycles. The van der Waals surface area contributed by atoms with E-state index in [1.54, 1.807) is 19.9 Å². The molecule has 4 nitrogen and oxygen atoms in total. The number of halogens is 1. The number of nitrogens with zero attached hydrogens (tertiary/aromatic N) is 1. The van der Waals surface area contributed by atoms with Gasteiger partial charge in [0.05, 0.1) is 23.2 Å². The molecule has 41 heavy (non-hydrogen) atoms. The molecule has 216 valence electrons. The van der Waals surface area contributed by atoms with E-state index in [2.05, 4.69) is 67.2 Å². The second-order valence-corrected chi connectivity index (χ2v) is 11.9. The number of hydrogen-bond acceptors (Lipinski definition) is 4. The van der Waals surface area contributed by atoms with Crippen LogP contribution in [0.3, 0.4) is 0 Å². The highest BCUT2D eigenvalue weighted by Crippen LogP contribution is 2.49. The van der Waals surface area contributed by atoms with Gasteiger partial charge in [-0.1, -0.05) is 79.4 Å². The van der Waals surface area contributed by atoms with E-state index in [0.717, 1.165) is 71.2 Å². The molecule has 0 unspecified atom stereocenters. The number of aryl methyl sites for hydroxylation is 1. The quantitative estimate of drug-likeness (QED) is 0.146. The molecule has 0 amide bonds. The third-order valence-electron chi connectivity index (χ3n) is 7.26. The zero-order chi connectivity index (χ0) is 30.0. The average molecular weight is 590 g/mol. The molecule has 2 aromatic carbocycles. The minimum Gasteiger partial charge on any atom is -0.481 e. The molecule has 0 aliphatic heterocycles. The number of pyridine rings is 1. The Kier molecular flexibility index (Phi) is 11.6. The van der Waals surface area contributed by atoms with Gasteiger partial charge < -0.3 is 10.2 Å². The largest absolute Gasteiger partial charge is 0.481 e. The van der Waals surface area contributed by atoms with Crippen LogP contribution in [-0.2, 0) is 11.2 Å². The van der Waals surface area contributed by atoms with Crippen molar-refractivity contribution in [1.82, 2.24) is 4.98 Å². The number of carbonyl (C=O) groups is 1. The maximum Gasteiger partial charge on any atom is 0.303 e. The number of benzene rings is 2. The van der Waals surface area contributed by atoms with Gasteiger partial charge in [0.15, 0.2) is 0 Å². The Morgan fingerprint density at radius 2 is 1.83 bits per heavy atom. The third-order valence-corrected chi connectivity index (χ3v) is 8.17. The summed E-state index contributed by atoms with van der Waals surface area (Å²) in [6.45, 7) is 11.3. The molecule has 3 aromatic rings. The van der Waals surface area contributed by atoms with Gasteiger partial charge in [-0.05, 0) is 104 Å². The van der Waals surface area contributed by atoms with Gasteiger partial charge in [0.1, 0.15) is 0 Å². The molecule has 0 saturated heterocycles. The second kappa shape index (κ2) is 14.7. The maximum atomic E-state index is 10.4. The number of aromatic nitrogens is 1. The van der Waals surface area contributed by atoms with E-state index in [1.807, 2.05) is 36.4 Å². The summed E-state index contributed by atoms with van der Waals surface area (Å²) in [5, 5.41) is 20.5. The van der Waals surface area contributed by atoms with E-state index in [4.69, 9.17) is 16.7 Å². The Labute approximate surface area is 254 Å². The van der Waals surface area contributed by atoms with Crippen molar-refractivity contribution in [1.29, 1.82) is 0 Å². The molecule has 1 aliphatic carbocycles. The SMILES string of the molecule is C=C/C(CCCc1cccc(/C=C/c2ccc3ccc(Cl)cc3n2)c1)=C(\C=C)C(C)(C)O.O=C(O)CC1(CS)CC1. The van der Waals surface area contributed by atoms with Gasteiger partial charge in [0.25, 0.3) is 0 Å². The first kappa shape index (κ1) is 32.4. The fourth-order valence-electron chi connectivity index (χ4n) is 4.72. The van der Waals surface area contributed by atoms with Crippen LogP contribution >= 0.6 is 24.2 Å². The van der Waals surface area contributed by atoms with E-state index < -0.39 is 11.6 Å². The maximum absolute atomic E-state index is 10.4. The summed E-state index contributed by atoms with van der Waals surface area (Å²) in [4.78, 5) is 14.9. The monoisotopic (exact) mass is 589 g/mol. The second-order valence-electron chi connectivity index (χ2n) is 11.1. The van der Waals surface area contributed by atoms with E-state index in [1.165, 1.54) is 5.56 Å². The third kappa shape index (κ3) is 10.0. The van der Waals surface area contributed by atoms with Crippen LogP contribution in [0.5, 0.6) is 0 Å². The molecule has 0 radical (unpaired) electrons. The molecule has 6 heteroatoms. The molecule has 0 bridgehead atoms. The number of allylic oxidation sites excluding steroid dienone is 2. The molecule has 1 aliphatic rings. The van der Waals surface area contributed by atoms with Crippen LogP contribution in [0.1, 0.15) is 62.8 Å². The van der Waals surface area contributed by atoms with Crippen LogP contribution < -0.4 is 0 Å². The Bertz CT molecular complexity index is 1450. The van der Waals surface area contributed by atoms with Gasteiger partial charge in [0, 0.05) is 10.4 Å². The van der Waals surface area contributed by atoms with Crippen LogP contribution in [-0.4, -0.2) is 32.5 Å². The van der Waals surface area contributed by atoms with Gasteiger partial charge in [0.2, 0.25) is 0 Å². The van der Waals surface area contributed by atoms with Crippen molar-refractivity contribution in [2.45, 2.75) is 58.0 Å². The lowest BCUT2D eigenvalue weighted by Gasteiger charge is -2.22. The molecule has 1 fully saturated rings. The molecule has 4 rings (SSSR count). The van der Waals surface area contributed by atoms with E-state index >= 15 is 0 Å². The van der Waals surface area contributed by atoms with Crippen LogP contribution in [0.15, 0.2) is 91.1 Å². The summed E-state index contributed by atoms with van der Waals surface area (Å²) >= 11 is 10.2. The normalized spacial score (nSPS) is 14.7. The number of aliphatic hydroxyl groups is 1. The number of rotatable bonds is 12. The molecular weight excluding hydrogens is 550 g/mol. The van der Waals surface area contributed by atoms with Crippen LogP contribution in [0.4, 0.5) is 0 Å². The van der Waals surface area contributed by atoms with Crippen molar-refractivity contribution in [3.63, 3.8) is 0 Å².